The molecule has 2 rings (SSSR count). The maximum absolute atomic E-state index is 12.8. The van der Waals surface area contributed by atoms with E-state index in [2.05, 4.69) is 5.43 Å². The van der Waals surface area contributed by atoms with Crippen molar-refractivity contribution >= 4 is 0 Å². The summed E-state index contributed by atoms with van der Waals surface area (Å²) < 4.78 is 27.4. The number of hydrogen-bond donors (Lipinski definition) is 1. The van der Waals surface area contributed by atoms with Crippen molar-refractivity contribution in [3.8, 4) is 0 Å². The molecule has 1 aromatic heterocycles. The summed E-state index contributed by atoms with van der Waals surface area (Å²) in [7, 11) is 0. The van der Waals surface area contributed by atoms with Crippen LogP contribution in [0.1, 0.15) is 5.56 Å². The molecule has 2 nitrogen and oxygen atoms in total. The molecule has 0 amide bonds. The van der Waals surface area contributed by atoms with Crippen LogP contribution >= 0.6 is 0 Å². The summed E-state index contributed by atoms with van der Waals surface area (Å²) in [5.41, 5.74) is 3.55. The third-order valence-corrected chi connectivity index (χ3v) is 1.99. The van der Waals surface area contributed by atoms with Gasteiger partial charge in [-0.3, -0.25) is 4.68 Å². The minimum atomic E-state index is -0.556. The SMILES string of the molecule is Fc1cc(F)cc(CNn2cccc2)c1. The van der Waals surface area contributed by atoms with Crippen molar-refractivity contribution in [2.45, 2.75) is 6.54 Å². The molecule has 0 aliphatic carbocycles. The Balaban J connectivity index is 2.05. The van der Waals surface area contributed by atoms with E-state index < -0.39 is 11.6 Å². The van der Waals surface area contributed by atoms with Gasteiger partial charge in [0.15, 0.2) is 0 Å². The molecule has 78 valence electrons. The van der Waals surface area contributed by atoms with Crippen molar-refractivity contribution < 1.29 is 8.78 Å². The van der Waals surface area contributed by atoms with Crippen LogP contribution in [0.3, 0.4) is 0 Å². The second kappa shape index (κ2) is 4.13. The van der Waals surface area contributed by atoms with Crippen molar-refractivity contribution in [1.29, 1.82) is 0 Å². The minimum absolute atomic E-state index is 0.378. The molecule has 1 heterocycles. The fourth-order valence-electron chi connectivity index (χ4n) is 1.34. The fourth-order valence-corrected chi connectivity index (χ4v) is 1.34. The highest BCUT2D eigenvalue weighted by Gasteiger charge is 1.99. The summed E-state index contributed by atoms with van der Waals surface area (Å²) in [4.78, 5) is 0. The zero-order valence-corrected chi connectivity index (χ0v) is 7.95. The maximum atomic E-state index is 12.8. The molecule has 0 bridgehead atoms. The molecule has 15 heavy (non-hydrogen) atoms. The third kappa shape index (κ3) is 2.56. The van der Waals surface area contributed by atoms with E-state index in [1.54, 1.807) is 4.68 Å². The molecular formula is C11H10F2N2. The van der Waals surface area contributed by atoms with Crippen LogP contribution < -0.4 is 5.43 Å². The largest absolute Gasteiger partial charge is 0.322 e. The molecule has 0 fully saturated rings. The van der Waals surface area contributed by atoms with Crippen LogP contribution in [0.4, 0.5) is 8.78 Å². The van der Waals surface area contributed by atoms with Gasteiger partial charge in [-0.1, -0.05) is 0 Å². The third-order valence-electron chi connectivity index (χ3n) is 1.99. The molecule has 0 unspecified atom stereocenters. The highest BCUT2D eigenvalue weighted by atomic mass is 19.1. The number of halogens is 2. The van der Waals surface area contributed by atoms with Gasteiger partial charge in [0.25, 0.3) is 0 Å². The van der Waals surface area contributed by atoms with E-state index in [1.165, 1.54) is 12.1 Å². The average molecular weight is 208 g/mol. The van der Waals surface area contributed by atoms with E-state index in [-0.39, 0.29) is 0 Å². The van der Waals surface area contributed by atoms with Crippen molar-refractivity contribution in [2.75, 3.05) is 5.43 Å². The van der Waals surface area contributed by atoms with Crippen LogP contribution in [0.15, 0.2) is 42.7 Å². The number of benzene rings is 1. The minimum Gasteiger partial charge on any atom is -0.322 e. The summed E-state index contributed by atoms with van der Waals surface area (Å²) in [6.45, 7) is 0.378. The summed E-state index contributed by atoms with van der Waals surface area (Å²) in [6, 6.07) is 7.19. The van der Waals surface area contributed by atoms with E-state index in [1.807, 2.05) is 24.5 Å². The van der Waals surface area contributed by atoms with Gasteiger partial charge in [-0.05, 0) is 29.8 Å². The van der Waals surface area contributed by atoms with E-state index in [9.17, 15) is 8.78 Å². The molecule has 0 radical (unpaired) electrons. The van der Waals surface area contributed by atoms with Gasteiger partial charge in [-0.25, -0.2) is 8.78 Å². The molecule has 0 spiro atoms. The lowest BCUT2D eigenvalue weighted by molar-refractivity contribution is 0.579. The normalized spacial score (nSPS) is 10.3. The van der Waals surface area contributed by atoms with Crippen LogP contribution in [0.5, 0.6) is 0 Å². The number of hydrogen-bond acceptors (Lipinski definition) is 1. The lowest BCUT2D eigenvalue weighted by Crippen LogP contribution is -2.12. The van der Waals surface area contributed by atoms with Crippen LogP contribution in [-0.4, -0.2) is 4.68 Å². The van der Waals surface area contributed by atoms with Crippen molar-refractivity contribution in [3.63, 3.8) is 0 Å². The summed E-state index contributed by atoms with van der Waals surface area (Å²) in [6.07, 6.45) is 3.63. The highest BCUT2D eigenvalue weighted by Crippen LogP contribution is 2.07. The Morgan fingerprint density at radius 1 is 1.00 bits per heavy atom. The van der Waals surface area contributed by atoms with Crippen molar-refractivity contribution in [3.05, 3.63) is 59.9 Å². The van der Waals surface area contributed by atoms with Gasteiger partial charge in [0, 0.05) is 18.5 Å². The topological polar surface area (TPSA) is 17.0 Å². The Bertz CT molecular complexity index is 418. The molecule has 4 heteroatoms. The summed E-state index contributed by atoms with van der Waals surface area (Å²) >= 11 is 0. The van der Waals surface area contributed by atoms with Crippen LogP contribution in [-0.2, 0) is 6.54 Å². The van der Waals surface area contributed by atoms with Crippen molar-refractivity contribution in [2.24, 2.45) is 0 Å². The average Bonchev–Trinajstić information content (AvgIpc) is 2.65. The van der Waals surface area contributed by atoms with Gasteiger partial charge in [0.05, 0.1) is 6.54 Å². The van der Waals surface area contributed by atoms with Crippen LogP contribution in [0, 0.1) is 11.6 Å². The van der Waals surface area contributed by atoms with Gasteiger partial charge < -0.3 is 5.43 Å². The Labute approximate surface area is 86.1 Å². The van der Waals surface area contributed by atoms with Crippen molar-refractivity contribution in [1.82, 2.24) is 4.68 Å². The summed E-state index contributed by atoms with van der Waals surface area (Å²) in [5.74, 6) is -1.11. The predicted octanol–water partition coefficient (Wildman–Crippen LogP) is 2.51. The Hall–Kier alpha value is -1.84. The predicted molar refractivity (Wildman–Crippen MR) is 53.9 cm³/mol. The highest BCUT2D eigenvalue weighted by molar-refractivity contribution is 5.18. The molecule has 2 aromatic rings. The van der Waals surface area contributed by atoms with Gasteiger partial charge in [0.1, 0.15) is 11.6 Å². The fraction of sp³-hybridized carbons (Fsp3) is 0.0909. The van der Waals surface area contributed by atoms with Gasteiger partial charge >= 0.3 is 0 Å². The molecule has 0 aliphatic heterocycles. The molecule has 1 aromatic carbocycles. The standard InChI is InChI=1S/C11H10F2N2/c12-10-5-9(6-11(13)7-10)8-14-15-3-1-2-4-15/h1-7,14H,8H2. The monoisotopic (exact) mass is 208 g/mol. The molecular weight excluding hydrogens is 198 g/mol. The van der Waals surface area contributed by atoms with Gasteiger partial charge in [-0.2, -0.15) is 0 Å². The molecule has 0 atom stereocenters. The molecule has 1 N–H and O–H groups in total. The van der Waals surface area contributed by atoms with Crippen LogP contribution in [0.2, 0.25) is 0 Å². The first-order chi connectivity index (χ1) is 7.24. The lowest BCUT2D eigenvalue weighted by Gasteiger charge is -2.07. The first-order valence-corrected chi connectivity index (χ1v) is 4.56. The van der Waals surface area contributed by atoms with Crippen LogP contribution in [0.25, 0.3) is 0 Å². The number of nitrogens with one attached hydrogen (secondary N) is 1. The van der Waals surface area contributed by atoms with Gasteiger partial charge in [0.2, 0.25) is 0 Å². The Kier molecular flexibility index (Phi) is 2.67. The Morgan fingerprint density at radius 3 is 2.20 bits per heavy atom. The van der Waals surface area contributed by atoms with E-state index in [0.29, 0.717) is 12.1 Å². The second-order valence-corrected chi connectivity index (χ2v) is 3.20. The number of aromatic nitrogens is 1. The quantitative estimate of drug-likeness (QED) is 0.820. The van der Waals surface area contributed by atoms with E-state index in [0.717, 1.165) is 6.07 Å². The van der Waals surface area contributed by atoms with Gasteiger partial charge in [-0.15, -0.1) is 0 Å². The second-order valence-electron chi connectivity index (χ2n) is 3.20. The Morgan fingerprint density at radius 2 is 1.60 bits per heavy atom. The number of rotatable bonds is 3. The molecule has 0 saturated heterocycles. The smallest absolute Gasteiger partial charge is 0.126 e. The summed E-state index contributed by atoms with van der Waals surface area (Å²) in [5, 5.41) is 0. The maximum Gasteiger partial charge on any atom is 0.126 e. The zero-order chi connectivity index (χ0) is 10.7. The zero-order valence-electron chi connectivity index (χ0n) is 7.95. The first-order valence-electron chi connectivity index (χ1n) is 4.56. The lowest BCUT2D eigenvalue weighted by atomic mass is 10.2. The molecule has 0 aliphatic rings. The number of nitrogens with zero attached hydrogens (tertiary/aromatic N) is 1. The first kappa shape index (κ1) is 9.71. The van der Waals surface area contributed by atoms with E-state index >= 15 is 0 Å². The molecule has 0 saturated carbocycles. The van der Waals surface area contributed by atoms with E-state index in [4.69, 9.17) is 0 Å².